The second kappa shape index (κ2) is 4.86. The van der Waals surface area contributed by atoms with E-state index in [0.717, 1.165) is 28.8 Å². The molecule has 2 heterocycles. The van der Waals surface area contributed by atoms with Gasteiger partial charge in [-0.25, -0.2) is 4.68 Å². The number of aliphatic hydroxyl groups is 1. The largest absolute Gasteiger partial charge is 0.493 e. The Bertz CT molecular complexity index is 646. The van der Waals surface area contributed by atoms with Crippen molar-refractivity contribution in [2.24, 2.45) is 0 Å². The summed E-state index contributed by atoms with van der Waals surface area (Å²) in [6, 6.07) is 4.13. The predicted molar refractivity (Wildman–Crippen MR) is 77.7 cm³/mol. The van der Waals surface area contributed by atoms with Crippen LogP contribution in [-0.2, 0) is 18.6 Å². The average Bonchev–Trinajstić information content (AvgIpc) is 2.95. The molecule has 5 nitrogen and oxygen atoms in total. The van der Waals surface area contributed by atoms with Gasteiger partial charge in [-0.1, -0.05) is 21.1 Å². The normalized spacial score (nSPS) is 14.2. The van der Waals surface area contributed by atoms with Crippen molar-refractivity contribution in [3.05, 3.63) is 39.6 Å². The lowest BCUT2D eigenvalue weighted by atomic mass is 10.1. The van der Waals surface area contributed by atoms with Crippen LogP contribution in [0.1, 0.15) is 30.7 Å². The van der Waals surface area contributed by atoms with E-state index >= 15 is 0 Å². The van der Waals surface area contributed by atoms with Crippen LogP contribution >= 0.6 is 15.9 Å². The molecule has 6 heteroatoms. The van der Waals surface area contributed by atoms with Gasteiger partial charge in [0.2, 0.25) is 0 Å². The maximum Gasteiger partial charge on any atom is 0.127 e. The molecule has 1 aliphatic rings. The lowest BCUT2D eigenvalue weighted by molar-refractivity contribution is 0.0737. The molecule has 0 spiro atoms. The molecule has 1 N–H and O–H groups in total. The quantitative estimate of drug-likeness (QED) is 0.933. The summed E-state index contributed by atoms with van der Waals surface area (Å²) < 4.78 is 8.46. The lowest BCUT2D eigenvalue weighted by Crippen LogP contribution is -2.15. The first-order valence-corrected chi connectivity index (χ1v) is 7.30. The van der Waals surface area contributed by atoms with E-state index in [4.69, 9.17) is 4.74 Å². The van der Waals surface area contributed by atoms with Gasteiger partial charge >= 0.3 is 0 Å². The zero-order valence-electron chi connectivity index (χ0n) is 11.4. The number of benzene rings is 1. The summed E-state index contributed by atoms with van der Waals surface area (Å²) in [5.74, 6) is 0.952. The lowest BCUT2D eigenvalue weighted by Gasteiger charge is -2.12. The SMILES string of the molecule is CC(C)(O)c1cn(Cc2cc(Br)cc3c2OCC3)nn1. The van der Waals surface area contributed by atoms with E-state index in [0.29, 0.717) is 12.2 Å². The topological polar surface area (TPSA) is 60.2 Å². The first-order valence-electron chi connectivity index (χ1n) is 6.50. The highest BCUT2D eigenvalue weighted by Crippen LogP contribution is 2.33. The zero-order valence-corrected chi connectivity index (χ0v) is 13.0. The van der Waals surface area contributed by atoms with Crippen molar-refractivity contribution in [2.75, 3.05) is 6.61 Å². The number of hydrogen-bond acceptors (Lipinski definition) is 4. The van der Waals surface area contributed by atoms with Crippen molar-refractivity contribution in [2.45, 2.75) is 32.4 Å². The van der Waals surface area contributed by atoms with Gasteiger partial charge in [0.05, 0.1) is 19.3 Å². The number of nitrogens with zero attached hydrogens (tertiary/aromatic N) is 3. The second-order valence-electron chi connectivity index (χ2n) is 5.51. The molecule has 20 heavy (non-hydrogen) atoms. The molecule has 0 atom stereocenters. The highest BCUT2D eigenvalue weighted by atomic mass is 79.9. The molecule has 0 bridgehead atoms. The van der Waals surface area contributed by atoms with Crippen LogP contribution in [0.5, 0.6) is 5.75 Å². The van der Waals surface area contributed by atoms with E-state index in [1.165, 1.54) is 5.56 Å². The average molecular weight is 338 g/mol. The molecule has 106 valence electrons. The van der Waals surface area contributed by atoms with Crippen LogP contribution in [-0.4, -0.2) is 26.7 Å². The van der Waals surface area contributed by atoms with Gasteiger partial charge in [0, 0.05) is 16.5 Å². The number of ether oxygens (including phenoxy) is 1. The number of halogens is 1. The van der Waals surface area contributed by atoms with Crippen molar-refractivity contribution in [3.8, 4) is 5.75 Å². The summed E-state index contributed by atoms with van der Waals surface area (Å²) in [6.45, 7) is 4.69. The Hall–Kier alpha value is -1.40. The minimum Gasteiger partial charge on any atom is -0.493 e. The van der Waals surface area contributed by atoms with E-state index < -0.39 is 5.60 Å². The molecule has 0 amide bonds. The van der Waals surface area contributed by atoms with E-state index in [-0.39, 0.29) is 0 Å². The van der Waals surface area contributed by atoms with Gasteiger partial charge in [-0.05, 0) is 31.5 Å². The smallest absolute Gasteiger partial charge is 0.127 e. The summed E-state index contributed by atoms with van der Waals surface area (Å²) in [5, 5.41) is 18.0. The molecule has 0 aliphatic carbocycles. The van der Waals surface area contributed by atoms with Gasteiger partial charge in [-0.3, -0.25) is 0 Å². The van der Waals surface area contributed by atoms with Gasteiger partial charge in [-0.2, -0.15) is 0 Å². The number of rotatable bonds is 3. The third-order valence-electron chi connectivity index (χ3n) is 3.32. The Morgan fingerprint density at radius 3 is 2.95 bits per heavy atom. The molecular formula is C14H16BrN3O2. The Morgan fingerprint density at radius 1 is 1.45 bits per heavy atom. The van der Waals surface area contributed by atoms with E-state index in [2.05, 4.69) is 32.3 Å². The minimum absolute atomic E-state index is 0.560. The highest BCUT2D eigenvalue weighted by Gasteiger charge is 2.21. The van der Waals surface area contributed by atoms with Crippen molar-refractivity contribution < 1.29 is 9.84 Å². The maximum atomic E-state index is 9.92. The van der Waals surface area contributed by atoms with E-state index in [9.17, 15) is 5.11 Å². The van der Waals surface area contributed by atoms with Crippen molar-refractivity contribution >= 4 is 15.9 Å². The highest BCUT2D eigenvalue weighted by molar-refractivity contribution is 9.10. The van der Waals surface area contributed by atoms with Gasteiger partial charge in [-0.15, -0.1) is 5.10 Å². The van der Waals surface area contributed by atoms with Gasteiger partial charge in [0.15, 0.2) is 0 Å². The van der Waals surface area contributed by atoms with Crippen molar-refractivity contribution in [1.29, 1.82) is 0 Å². The molecule has 0 unspecified atom stereocenters. The van der Waals surface area contributed by atoms with Crippen LogP contribution in [0.3, 0.4) is 0 Å². The molecule has 0 fully saturated rings. The molecule has 0 saturated heterocycles. The number of hydrogen-bond donors (Lipinski definition) is 1. The monoisotopic (exact) mass is 337 g/mol. The van der Waals surface area contributed by atoms with E-state index in [1.807, 2.05) is 6.07 Å². The minimum atomic E-state index is -0.978. The molecule has 1 aromatic carbocycles. The predicted octanol–water partition coefficient (Wildman–Crippen LogP) is 2.25. The van der Waals surface area contributed by atoms with Crippen molar-refractivity contribution in [3.63, 3.8) is 0 Å². The molecular weight excluding hydrogens is 322 g/mol. The summed E-state index contributed by atoms with van der Waals surface area (Å²) >= 11 is 3.53. The summed E-state index contributed by atoms with van der Waals surface area (Å²) in [6.07, 6.45) is 2.70. The standard InChI is InChI=1S/C14H16BrN3O2/c1-14(2,19)12-8-18(17-16-12)7-10-6-11(15)5-9-3-4-20-13(9)10/h5-6,8,19H,3-4,7H2,1-2H3. The fourth-order valence-electron chi connectivity index (χ4n) is 2.29. The van der Waals surface area contributed by atoms with Crippen LogP contribution in [0.25, 0.3) is 0 Å². The first-order chi connectivity index (χ1) is 9.43. The first kappa shape index (κ1) is 13.6. The van der Waals surface area contributed by atoms with Crippen LogP contribution in [0.15, 0.2) is 22.8 Å². The Labute approximate surface area is 125 Å². The molecule has 1 aliphatic heterocycles. The third kappa shape index (κ3) is 2.58. The van der Waals surface area contributed by atoms with Crippen LogP contribution < -0.4 is 4.74 Å². The van der Waals surface area contributed by atoms with Gasteiger partial charge in [0.25, 0.3) is 0 Å². The molecule has 3 rings (SSSR count). The second-order valence-corrected chi connectivity index (χ2v) is 6.43. The maximum absolute atomic E-state index is 9.92. The van der Waals surface area contributed by atoms with Crippen LogP contribution in [0.4, 0.5) is 0 Å². The molecule has 0 saturated carbocycles. The molecule has 0 radical (unpaired) electrons. The van der Waals surface area contributed by atoms with Crippen molar-refractivity contribution in [1.82, 2.24) is 15.0 Å². The molecule has 1 aromatic heterocycles. The fraction of sp³-hybridized carbons (Fsp3) is 0.429. The number of aromatic nitrogens is 3. The van der Waals surface area contributed by atoms with Crippen LogP contribution in [0, 0.1) is 0 Å². The molecule has 2 aromatic rings. The number of fused-ring (bicyclic) bond motifs is 1. The zero-order chi connectivity index (χ0) is 14.3. The Morgan fingerprint density at radius 2 is 2.25 bits per heavy atom. The van der Waals surface area contributed by atoms with Crippen LogP contribution in [0.2, 0.25) is 0 Å². The summed E-state index contributed by atoms with van der Waals surface area (Å²) in [5.41, 5.74) is 1.87. The Balaban J connectivity index is 1.90. The van der Waals surface area contributed by atoms with Gasteiger partial charge in [0.1, 0.15) is 17.0 Å². The van der Waals surface area contributed by atoms with Gasteiger partial charge < -0.3 is 9.84 Å². The summed E-state index contributed by atoms with van der Waals surface area (Å²) in [7, 11) is 0. The summed E-state index contributed by atoms with van der Waals surface area (Å²) in [4.78, 5) is 0. The third-order valence-corrected chi connectivity index (χ3v) is 3.78. The fourth-order valence-corrected chi connectivity index (χ4v) is 2.85. The van der Waals surface area contributed by atoms with E-state index in [1.54, 1.807) is 24.7 Å². The Kier molecular flexibility index (Phi) is 3.30.